The monoisotopic (exact) mass is 726 g/mol. The molecule has 0 bridgehead atoms. The van der Waals surface area contributed by atoms with Gasteiger partial charge < -0.3 is 18.6 Å². The maximum atomic E-state index is 13.3. The predicted molar refractivity (Wildman–Crippen MR) is 189 cm³/mol. The van der Waals surface area contributed by atoms with Crippen LogP contribution in [0.2, 0.25) is 5.04 Å². The Morgan fingerprint density at radius 2 is 1.41 bits per heavy atom. The zero-order chi connectivity index (χ0) is 32.0. The summed E-state index contributed by atoms with van der Waals surface area (Å²) in [6.45, 7) is 15.0. The lowest BCUT2D eigenvalue weighted by Crippen LogP contribution is -2.67. The summed E-state index contributed by atoms with van der Waals surface area (Å²) in [6, 6.07) is 30.5. The highest BCUT2D eigenvalue weighted by Crippen LogP contribution is 2.39. The second-order valence-corrected chi connectivity index (χ2v) is 18.4. The Balaban J connectivity index is 1.65. The highest BCUT2D eigenvalue weighted by Gasteiger charge is 2.51. The zero-order valence-corrected chi connectivity index (χ0v) is 30.2. The molecule has 0 amide bonds. The van der Waals surface area contributed by atoms with Crippen molar-refractivity contribution in [1.82, 2.24) is 0 Å². The van der Waals surface area contributed by atoms with Crippen molar-refractivity contribution in [1.29, 1.82) is 0 Å². The molecule has 0 aliphatic carbocycles. The van der Waals surface area contributed by atoms with Gasteiger partial charge in [-0.25, -0.2) is 4.79 Å². The van der Waals surface area contributed by atoms with Crippen LogP contribution in [0, 0.1) is 5.92 Å². The van der Waals surface area contributed by atoms with Gasteiger partial charge in [-0.05, 0) is 66.7 Å². The van der Waals surface area contributed by atoms with E-state index in [1.807, 2.05) is 38.1 Å². The number of benzene rings is 3. The Labute approximate surface area is 278 Å². The van der Waals surface area contributed by atoms with Crippen LogP contribution in [0.3, 0.4) is 0 Å². The highest BCUT2D eigenvalue weighted by atomic mass is 127. The third kappa shape index (κ3) is 8.09. The van der Waals surface area contributed by atoms with Gasteiger partial charge in [0.05, 0.1) is 11.7 Å². The molecule has 5 nitrogen and oxygen atoms in total. The van der Waals surface area contributed by atoms with Crippen molar-refractivity contribution in [3.63, 3.8) is 0 Å². The first-order valence-corrected chi connectivity index (χ1v) is 19.0. The minimum absolute atomic E-state index is 0.0212. The lowest BCUT2D eigenvalue weighted by atomic mass is 10.0. The van der Waals surface area contributed by atoms with Gasteiger partial charge in [-0.15, -0.1) is 0 Å². The van der Waals surface area contributed by atoms with Crippen LogP contribution in [0.5, 0.6) is 0 Å². The molecule has 0 N–H and O–H groups in total. The Kier molecular flexibility index (Phi) is 11.7. The number of carbonyl (C=O) groups excluding carboxylic acids is 1. The minimum atomic E-state index is -2.73. The highest BCUT2D eigenvalue weighted by molar-refractivity contribution is 14.1. The van der Waals surface area contributed by atoms with Gasteiger partial charge in [-0.3, -0.25) is 0 Å². The smallest absolute Gasteiger partial charge is 0.338 e. The molecular formula is C37H47IO5Si. The number of alkyl halides is 1. The van der Waals surface area contributed by atoms with E-state index >= 15 is 0 Å². The van der Waals surface area contributed by atoms with Gasteiger partial charge in [-0.1, -0.05) is 135 Å². The van der Waals surface area contributed by atoms with Crippen molar-refractivity contribution in [3.05, 3.63) is 109 Å². The van der Waals surface area contributed by atoms with Crippen molar-refractivity contribution >= 4 is 47.3 Å². The molecular weight excluding hydrogens is 679 g/mol. The second kappa shape index (κ2) is 14.9. The lowest BCUT2D eigenvalue weighted by Gasteiger charge is -2.45. The summed E-state index contributed by atoms with van der Waals surface area (Å²) < 4.78 is 27.0. The minimum Gasteiger partial charge on any atom is -0.452 e. The molecule has 1 fully saturated rings. The Hall–Kier alpha value is -2.30. The van der Waals surface area contributed by atoms with Crippen LogP contribution in [0.15, 0.2) is 103 Å². The van der Waals surface area contributed by atoms with E-state index in [0.717, 1.165) is 10.8 Å². The zero-order valence-electron chi connectivity index (χ0n) is 27.0. The van der Waals surface area contributed by atoms with Gasteiger partial charge in [0.25, 0.3) is 8.32 Å². The molecule has 0 saturated carbocycles. The van der Waals surface area contributed by atoms with E-state index in [9.17, 15) is 4.79 Å². The van der Waals surface area contributed by atoms with Crippen molar-refractivity contribution in [2.75, 3.05) is 4.43 Å². The number of carbonyl (C=O) groups is 1. The fraction of sp³-hybridized carbons (Fsp3) is 0.432. The average Bonchev–Trinajstić information content (AvgIpc) is 3.32. The summed E-state index contributed by atoms with van der Waals surface area (Å²) in [5.74, 6) is -1.13. The largest absolute Gasteiger partial charge is 0.452 e. The summed E-state index contributed by atoms with van der Waals surface area (Å²) >= 11 is 2.35. The van der Waals surface area contributed by atoms with Crippen LogP contribution in [0.1, 0.15) is 65.2 Å². The quantitative estimate of drug-likeness (QED) is 0.0630. The van der Waals surface area contributed by atoms with Crippen molar-refractivity contribution in [2.24, 2.45) is 5.92 Å². The fourth-order valence-corrected chi connectivity index (χ4v) is 11.4. The first-order chi connectivity index (χ1) is 20.9. The predicted octanol–water partition coefficient (Wildman–Crippen LogP) is 7.71. The van der Waals surface area contributed by atoms with Crippen LogP contribution in [0.25, 0.3) is 0 Å². The molecule has 5 atom stereocenters. The number of rotatable bonds is 12. The molecule has 3 unspecified atom stereocenters. The first-order valence-electron chi connectivity index (χ1n) is 15.5. The molecule has 3 aromatic carbocycles. The van der Waals surface area contributed by atoms with Crippen LogP contribution in [-0.2, 0) is 18.6 Å². The molecule has 4 rings (SSSR count). The molecule has 3 aromatic rings. The van der Waals surface area contributed by atoms with E-state index in [1.165, 1.54) is 10.4 Å². The number of hydrogen-bond donors (Lipinski definition) is 0. The van der Waals surface area contributed by atoms with Crippen molar-refractivity contribution in [3.8, 4) is 0 Å². The van der Waals surface area contributed by atoms with E-state index < -0.39 is 26.3 Å². The summed E-state index contributed by atoms with van der Waals surface area (Å²) in [5.41, 5.74) is 0.506. The van der Waals surface area contributed by atoms with Crippen molar-refractivity contribution in [2.45, 2.75) is 90.1 Å². The molecule has 1 aliphatic rings. The van der Waals surface area contributed by atoms with Crippen LogP contribution in [0.4, 0.5) is 0 Å². The first kappa shape index (κ1) is 34.6. The van der Waals surface area contributed by atoms with E-state index in [1.54, 1.807) is 12.1 Å². The number of esters is 1. The topological polar surface area (TPSA) is 54.0 Å². The SMILES string of the molecule is C[C@H](/C=C\C(OC(=O)c1ccccc1)C1OC(C)(C)OC1CCI)[C@H](C)O[Si](c1ccccc1)(c1ccccc1)C(C)(C)C. The van der Waals surface area contributed by atoms with Crippen LogP contribution < -0.4 is 10.4 Å². The standard InChI is InChI=1S/C37H47IO5Si/c1-27(28(2)43-44(36(3,4)5,30-19-13-9-14-20-30)31-21-15-10-16-22-31)23-24-32(40-35(39)29-17-11-8-12-18-29)34-33(25-26-38)41-37(6,7)42-34/h8-24,27-28,32-34H,25-26H2,1-7H3/b24-23-/t27-,28+,32?,33?,34?/m1/s1. The molecule has 0 radical (unpaired) electrons. The van der Waals surface area contributed by atoms with E-state index in [2.05, 4.69) is 124 Å². The molecule has 236 valence electrons. The van der Waals surface area contributed by atoms with Crippen molar-refractivity contribution < 1.29 is 23.4 Å². The van der Waals surface area contributed by atoms with Gasteiger partial charge in [0, 0.05) is 10.5 Å². The number of hydrogen-bond acceptors (Lipinski definition) is 5. The summed E-state index contributed by atoms with van der Waals surface area (Å²) in [7, 11) is -2.73. The maximum absolute atomic E-state index is 13.3. The maximum Gasteiger partial charge on any atom is 0.338 e. The van der Waals surface area contributed by atoms with Gasteiger partial charge in [-0.2, -0.15) is 0 Å². The molecule has 1 saturated heterocycles. The van der Waals surface area contributed by atoms with Gasteiger partial charge in [0.2, 0.25) is 0 Å². The summed E-state index contributed by atoms with van der Waals surface area (Å²) in [5, 5.41) is 2.36. The second-order valence-electron chi connectivity index (χ2n) is 13.1. The third-order valence-electron chi connectivity index (χ3n) is 8.32. The van der Waals surface area contributed by atoms with E-state index in [4.69, 9.17) is 18.6 Å². The normalized spacial score (nSPS) is 20.7. The molecule has 1 heterocycles. The van der Waals surface area contributed by atoms with Crippen LogP contribution in [-0.4, -0.2) is 48.9 Å². The lowest BCUT2D eigenvalue weighted by molar-refractivity contribution is -0.153. The molecule has 44 heavy (non-hydrogen) atoms. The molecule has 1 aliphatic heterocycles. The Morgan fingerprint density at radius 3 is 1.91 bits per heavy atom. The third-order valence-corrected chi connectivity index (χ3v) is 14.1. The van der Waals surface area contributed by atoms with Gasteiger partial charge >= 0.3 is 5.97 Å². The van der Waals surface area contributed by atoms with Gasteiger partial charge in [0.15, 0.2) is 5.79 Å². The Bertz CT molecular complexity index is 1320. The summed E-state index contributed by atoms with van der Waals surface area (Å²) in [6.07, 6.45) is 3.52. The molecule has 0 aromatic heterocycles. The fourth-order valence-electron chi connectivity index (χ4n) is 5.97. The van der Waals surface area contributed by atoms with Crippen LogP contribution >= 0.6 is 22.6 Å². The Morgan fingerprint density at radius 1 is 0.886 bits per heavy atom. The summed E-state index contributed by atoms with van der Waals surface area (Å²) in [4.78, 5) is 13.3. The average molecular weight is 727 g/mol. The van der Waals surface area contributed by atoms with E-state index in [-0.39, 0.29) is 29.1 Å². The van der Waals surface area contributed by atoms with Gasteiger partial charge in [0.1, 0.15) is 12.2 Å². The molecule has 0 spiro atoms. The molecule has 7 heteroatoms. The number of halogens is 1. The number of ether oxygens (including phenoxy) is 3. The van der Waals surface area contributed by atoms with E-state index in [0.29, 0.717) is 5.56 Å².